The van der Waals surface area contributed by atoms with Crippen LogP contribution in [0.5, 0.6) is 5.75 Å². The fourth-order valence-electron chi connectivity index (χ4n) is 1.59. The number of nitrogens with one attached hydrogen (secondary N) is 1. The van der Waals surface area contributed by atoms with E-state index >= 15 is 0 Å². The molecule has 0 amide bonds. The summed E-state index contributed by atoms with van der Waals surface area (Å²) < 4.78 is 31.6. The molecular formula is C13H11N2O5S-. The molecule has 0 radical (unpaired) electrons. The Balaban J connectivity index is 2.32. The highest BCUT2D eigenvalue weighted by molar-refractivity contribution is 7.92. The predicted octanol–water partition coefficient (Wildman–Crippen LogP) is 0.254. The molecule has 0 saturated heterocycles. The largest absolute Gasteiger partial charge is 0.543 e. The molecule has 2 aromatic rings. The summed E-state index contributed by atoms with van der Waals surface area (Å²) >= 11 is 0. The highest BCUT2D eigenvalue weighted by atomic mass is 32.2. The van der Waals surface area contributed by atoms with Crippen LogP contribution in [0.4, 0.5) is 5.69 Å². The van der Waals surface area contributed by atoms with Gasteiger partial charge in [-0.1, -0.05) is 6.07 Å². The molecule has 0 saturated carbocycles. The molecule has 0 unspecified atom stereocenters. The lowest BCUT2D eigenvalue weighted by Crippen LogP contribution is -2.23. The first-order chi connectivity index (χ1) is 9.92. The van der Waals surface area contributed by atoms with Gasteiger partial charge in [-0.2, -0.15) is 0 Å². The number of aromatic nitrogens is 1. The van der Waals surface area contributed by atoms with E-state index < -0.39 is 16.0 Å². The summed E-state index contributed by atoms with van der Waals surface area (Å²) in [5, 5.41) is 10.7. The number of hydrogen-bond donors (Lipinski definition) is 1. The van der Waals surface area contributed by atoms with Gasteiger partial charge in [0, 0.05) is 12.3 Å². The summed E-state index contributed by atoms with van der Waals surface area (Å²) in [6, 6.07) is 8.30. The number of carboxylic acids is 1. The van der Waals surface area contributed by atoms with Crippen molar-refractivity contribution in [1.29, 1.82) is 0 Å². The Labute approximate surface area is 121 Å². The van der Waals surface area contributed by atoms with Crippen molar-refractivity contribution in [1.82, 2.24) is 4.98 Å². The molecule has 0 atom stereocenters. The van der Waals surface area contributed by atoms with Gasteiger partial charge in [0.1, 0.15) is 5.75 Å². The molecule has 1 aromatic heterocycles. The number of anilines is 1. The fraction of sp³-hybridized carbons (Fsp3) is 0.0769. The second-order valence-corrected chi connectivity index (χ2v) is 5.68. The number of hydrogen-bond acceptors (Lipinski definition) is 6. The minimum absolute atomic E-state index is 0.00587. The summed E-state index contributed by atoms with van der Waals surface area (Å²) in [4.78, 5) is 14.3. The first kappa shape index (κ1) is 14.8. The lowest BCUT2D eigenvalue weighted by molar-refractivity contribution is -0.255. The van der Waals surface area contributed by atoms with Crippen molar-refractivity contribution in [3.63, 3.8) is 0 Å². The first-order valence-corrected chi connectivity index (χ1v) is 7.25. The van der Waals surface area contributed by atoms with Gasteiger partial charge in [0.15, 0.2) is 0 Å². The fourth-order valence-corrected chi connectivity index (χ4v) is 2.67. The lowest BCUT2D eigenvalue weighted by atomic mass is 10.3. The molecule has 110 valence electrons. The summed E-state index contributed by atoms with van der Waals surface area (Å²) in [5.41, 5.74) is -0.284. The zero-order valence-corrected chi connectivity index (χ0v) is 11.8. The van der Waals surface area contributed by atoms with E-state index in [2.05, 4.69) is 9.71 Å². The highest BCUT2D eigenvalue weighted by Gasteiger charge is 2.15. The van der Waals surface area contributed by atoms with Gasteiger partial charge in [-0.25, -0.2) is 8.42 Å². The number of carbonyl (C=O) groups excluding carboxylic acids is 1. The third-order valence-electron chi connectivity index (χ3n) is 2.57. The monoisotopic (exact) mass is 307 g/mol. The van der Waals surface area contributed by atoms with Crippen LogP contribution in [0.25, 0.3) is 0 Å². The molecule has 8 heteroatoms. The molecule has 0 aliphatic carbocycles. The van der Waals surface area contributed by atoms with Crippen LogP contribution in [0.1, 0.15) is 10.5 Å². The number of pyridine rings is 1. The molecule has 0 spiro atoms. The number of sulfonamides is 1. The number of carboxylic acid groups (broad SMARTS) is 1. The van der Waals surface area contributed by atoms with E-state index in [9.17, 15) is 18.3 Å². The summed E-state index contributed by atoms with van der Waals surface area (Å²) in [6.07, 6.45) is 1.18. The average molecular weight is 307 g/mol. The summed E-state index contributed by atoms with van der Waals surface area (Å²) in [7, 11) is -2.43. The number of methoxy groups -OCH3 is 1. The molecule has 1 aromatic carbocycles. The maximum absolute atomic E-state index is 12.2. The van der Waals surface area contributed by atoms with E-state index in [1.165, 1.54) is 37.6 Å². The van der Waals surface area contributed by atoms with E-state index in [0.717, 1.165) is 6.07 Å². The number of benzene rings is 1. The van der Waals surface area contributed by atoms with Gasteiger partial charge in [0.2, 0.25) is 0 Å². The van der Waals surface area contributed by atoms with Crippen LogP contribution in [-0.4, -0.2) is 26.5 Å². The van der Waals surface area contributed by atoms with Gasteiger partial charge in [-0.05, 0) is 24.3 Å². The number of aromatic carboxylic acids is 1. The van der Waals surface area contributed by atoms with Gasteiger partial charge >= 0.3 is 0 Å². The SMILES string of the molecule is COc1cccc(S(=O)(=O)Nc2ccnc(C(=O)[O-])c2)c1. The van der Waals surface area contributed by atoms with Gasteiger partial charge in [0.25, 0.3) is 10.0 Å². The van der Waals surface area contributed by atoms with E-state index in [1.807, 2.05) is 0 Å². The maximum Gasteiger partial charge on any atom is 0.262 e. The maximum atomic E-state index is 12.2. The molecule has 7 nitrogen and oxygen atoms in total. The van der Waals surface area contributed by atoms with Gasteiger partial charge in [0.05, 0.1) is 29.4 Å². The van der Waals surface area contributed by atoms with Crippen LogP contribution < -0.4 is 14.6 Å². The van der Waals surface area contributed by atoms with Gasteiger partial charge in [-0.3, -0.25) is 9.71 Å². The summed E-state index contributed by atoms with van der Waals surface area (Å²) in [5.74, 6) is -1.10. The van der Waals surface area contributed by atoms with E-state index in [4.69, 9.17) is 4.74 Å². The first-order valence-electron chi connectivity index (χ1n) is 5.76. The van der Waals surface area contributed by atoms with Gasteiger partial charge < -0.3 is 14.6 Å². The van der Waals surface area contributed by atoms with E-state index in [-0.39, 0.29) is 16.3 Å². The Morgan fingerprint density at radius 3 is 2.71 bits per heavy atom. The molecule has 0 aliphatic heterocycles. The third kappa shape index (κ3) is 3.48. The smallest absolute Gasteiger partial charge is 0.262 e. The van der Waals surface area contributed by atoms with Crippen molar-refractivity contribution in [3.8, 4) is 5.75 Å². The van der Waals surface area contributed by atoms with Crippen LogP contribution in [0.15, 0.2) is 47.5 Å². The molecule has 0 aliphatic rings. The van der Waals surface area contributed by atoms with Crippen molar-refractivity contribution in [2.45, 2.75) is 4.90 Å². The van der Waals surface area contributed by atoms with Crippen molar-refractivity contribution >= 4 is 21.7 Å². The Hall–Kier alpha value is -2.61. The highest BCUT2D eigenvalue weighted by Crippen LogP contribution is 2.20. The number of carbonyl (C=O) groups is 1. The van der Waals surface area contributed by atoms with E-state index in [1.54, 1.807) is 6.07 Å². The zero-order valence-electron chi connectivity index (χ0n) is 10.9. The number of nitrogens with zero attached hydrogens (tertiary/aromatic N) is 1. The Morgan fingerprint density at radius 2 is 2.05 bits per heavy atom. The Morgan fingerprint density at radius 1 is 1.29 bits per heavy atom. The van der Waals surface area contributed by atoms with Crippen LogP contribution in [0.2, 0.25) is 0 Å². The molecule has 2 rings (SSSR count). The molecule has 1 N–H and O–H groups in total. The predicted molar refractivity (Wildman–Crippen MR) is 72.4 cm³/mol. The quantitative estimate of drug-likeness (QED) is 0.848. The summed E-state index contributed by atoms with van der Waals surface area (Å²) in [6.45, 7) is 0. The molecule has 21 heavy (non-hydrogen) atoms. The zero-order chi connectivity index (χ0) is 15.5. The van der Waals surface area contributed by atoms with Crippen LogP contribution in [0.3, 0.4) is 0 Å². The van der Waals surface area contributed by atoms with Crippen LogP contribution in [0, 0.1) is 0 Å². The minimum Gasteiger partial charge on any atom is -0.543 e. The third-order valence-corrected chi connectivity index (χ3v) is 3.95. The minimum atomic E-state index is -3.86. The number of rotatable bonds is 5. The van der Waals surface area contributed by atoms with Crippen LogP contribution >= 0.6 is 0 Å². The lowest BCUT2D eigenvalue weighted by Gasteiger charge is -2.10. The number of ether oxygens (including phenoxy) is 1. The van der Waals surface area contributed by atoms with Crippen molar-refractivity contribution in [3.05, 3.63) is 48.3 Å². The molecular weight excluding hydrogens is 296 g/mol. The standard InChI is InChI=1S/C13H12N2O5S/c1-20-10-3-2-4-11(8-10)21(18,19)15-9-5-6-14-12(7-9)13(16)17/h2-8H,1H3,(H,14,15)(H,16,17)/p-1. The second kappa shape index (κ2) is 5.80. The molecule has 0 fully saturated rings. The normalized spacial score (nSPS) is 10.9. The molecule has 0 bridgehead atoms. The Kier molecular flexibility index (Phi) is 4.08. The van der Waals surface area contributed by atoms with Crippen LogP contribution in [-0.2, 0) is 10.0 Å². The van der Waals surface area contributed by atoms with Crippen molar-refractivity contribution in [2.75, 3.05) is 11.8 Å². The van der Waals surface area contributed by atoms with Crippen molar-refractivity contribution < 1.29 is 23.1 Å². The van der Waals surface area contributed by atoms with Crippen molar-refractivity contribution in [2.24, 2.45) is 0 Å². The van der Waals surface area contributed by atoms with Gasteiger partial charge in [-0.15, -0.1) is 0 Å². The Bertz CT molecular complexity index is 774. The van der Waals surface area contributed by atoms with E-state index in [0.29, 0.717) is 5.75 Å². The second-order valence-electron chi connectivity index (χ2n) is 4.00. The topological polar surface area (TPSA) is 108 Å². The average Bonchev–Trinajstić information content (AvgIpc) is 2.47. The molecule has 1 heterocycles.